The Balaban J connectivity index is 2.56. The van der Waals surface area contributed by atoms with Crippen molar-refractivity contribution in [1.82, 2.24) is 9.55 Å². The molecule has 0 aliphatic carbocycles. The zero-order chi connectivity index (χ0) is 12.4. The van der Waals surface area contributed by atoms with Crippen molar-refractivity contribution in [2.24, 2.45) is 7.05 Å². The first-order chi connectivity index (χ1) is 8.13. The summed E-state index contributed by atoms with van der Waals surface area (Å²) in [6.45, 7) is 0. The number of nitro benzene ring substituents is 1. The molecule has 88 valence electrons. The van der Waals surface area contributed by atoms with Gasteiger partial charge in [0.25, 0.3) is 5.69 Å². The third kappa shape index (κ3) is 1.96. The molecule has 0 spiro atoms. The molecule has 0 saturated heterocycles. The van der Waals surface area contributed by atoms with Gasteiger partial charge >= 0.3 is 0 Å². The topological polar surface area (TPSA) is 70.2 Å². The fraction of sp³-hybridized carbons (Fsp3) is 0.182. The molecule has 0 aliphatic heterocycles. The van der Waals surface area contributed by atoms with E-state index in [9.17, 15) is 10.1 Å². The summed E-state index contributed by atoms with van der Waals surface area (Å²) >= 11 is 0. The van der Waals surface area contributed by atoms with E-state index in [0.717, 1.165) is 11.3 Å². The number of hydrogen-bond donors (Lipinski definition) is 0. The molecule has 1 aromatic heterocycles. The van der Waals surface area contributed by atoms with Gasteiger partial charge in [0.1, 0.15) is 5.75 Å². The normalized spacial score (nSPS) is 10.2. The summed E-state index contributed by atoms with van der Waals surface area (Å²) in [5, 5.41) is 10.7. The molecule has 17 heavy (non-hydrogen) atoms. The number of imidazole rings is 1. The Bertz CT molecular complexity index is 563. The third-order valence-electron chi connectivity index (χ3n) is 2.49. The molecule has 2 rings (SSSR count). The smallest absolute Gasteiger partial charge is 0.273 e. The summed E-state index contributed by atoms with van der Waals surface area (Å²) < 4.78 is 6.99. The van der Waals surface area contributed by atoms with E-state index in [0.29, 0.717) is 5.75 Å². The lowest BCUT2D eigenvalue weighted by atomic mass is 10.1. The molecule has 0 amide bonds. The predicted octanol–water partition coefficient (Wildman–Crippen LogP) is 2.00. The van der Waals surface area contributed by atoms with Gasteiger partial charge < -0.3 is 9.30 Å². The fourth-order valence-corrected chi connectivity index (χ4v) is 1.62. The van der Waals surface area contributed by atoms with Crippen LogP contribution in [0.2, 0.25) is 0 Å². The van der Waals surface area contributed by atoms with Crippen LogP contribution in [0.15, 0.2) is 30.7 Å². The molecule has 0 bridgehead atoms. The number of methoxy groups -OCH3 is 1. The maximum absolute atomic E-state index is 10.7. The molecule has 0 fully saturated rings. The average Bonchev–Trinajstić information content (AvgIpc) is 2.74. The highest BCUT2D eigenvalue weighted by Crippen LogP contribution is 2.32. The van der Waals surface area contributed by atoms with Crippen molar-refractivity contribution in [2.45, 2.75) is 0 Å². The number of nitrogens with zero attached hydrogens (tertiary/aromatic N) is 3. The van der Waals surface area contributed by atoms with Gasteiger partial charge in [-0.2, -0.15) is 0 Å². The highest BCUT2D eigenvalue weighted by Gasteiger charge is 2.14. The number of benzene rings is 1. The quantitative estimate of drug-likeness (QED) is 0.600. The van der Waals surface area contributed by atoms with Crippen molar-refractivity contribution >= 4 is 5.69 Å². The van der Waals surface area contributed by atoms with Crippen molar-refractivity contribution in [1.29, 1.82) is 0 Å². The lowest BCUT2D eigenvalue weighted by Crippen LogP contribution is -1.95. The standard InChI is InChI=1S/C11H11N3O3/c1-13-7-12-6-10(13)9-4-3-8(14(15)16)5-11(9)17-2/h3-7H,1-2H3. The minimum atomic E-state index is -0.449. The molecular weight excluding hydrogens is 222 g/mol. The number of non-ortho nitro benzene ring substituents is 1. The zero-order valence-electron chi connectivity index (χ0n) is 9.45. The molecule has 2 aromatic rings. The van der Waals surface area contributed by atoms with Gasteiger partial charge in [-0.3, -0.25) is 10.1 Å². The maximum atomic E-state index is 10.7. The number of hydrogen-bond acceptors (Lipinski definition) is 4. The Morgan fingerprint density at radius 2 is 2.24 bits per heavy atom. The van der Waals surface area contributed by atoms with E-state index in [1.807, 2.05) is 11.6 Å². The van der Waals surface area contributed by atoms with Crippen molar-refractivity contribution in [2.75, 3.05) is 7.11 Å². The summed E-state index contributed by atoms with van der Waals surface area (Å²) in [5.74, 6) is 0.461. The van der Waals surface area contributed by atoms with E-state index in [4.69, 9.17) is 4.74 Å². The number of nitro groups is 1. The summed E-state index contributed by atoms with van der Waals surface area (Å²) in [4.78, 5) is 14.2. The van der Waals surface area contributed by atoms with Crippen LogP contribution in [0.5, 0.6) is 5.75 Å². The second-order valence-electron chi connectivity index (χ2n) is 3.53. The van der Waals surface area contributed by atoms with E-state index in [-0.39, 0.29) is 5.69 Å². The van der Waals surface area contributed by atoms with Crippen molar-refractivity contribution < 1.29 is 9.66 Å². The van der Waals surface area contributed by atoms with Crippen LogP contribution in [0.1, 0.15) is 0 Å². The van der Waals surface area contributed by atoms with Crippen LogP contribution in [0.25, 0.3) is 11.3 Å². The van der Waals surface area contributed by atoms with Crippen LogP contribution >= 0.6 is 0 Å². The predicted molar refractivity (Wildman–Crippen MR) is 61.9 cm³/mol. The molecule has 1 heterocycles. The molecular formula is C11H11N3O3. The number of ether oxygens (including phenoxy) is 1. The highest BCUT2D eigenvalue weighted by molar-refractivity contribution is 5.69. The van der Waals surface area contributed by atoms with E-state index in [2.05, 4.69) is 4.98 Å². The molecule has 6 nitrogen and oxygen atoms in total. The van der Waals surface area contributed by atoms with Crippen molar-refractivity contribution in [3.63, 3.8) is 0 Å². The third-order valence-corrected chi connectivity index (χ3v) is 2.49. The summed E-state index contributed by atoms with van der Waals surface area (Å²) in [6.07, 6.45) is 3.35. The average molecular weight is 233 g/mol. The lowest BCUT2D eigenvalue weighted by Gasteiger charge is -2.08. The Morgan fingerprint density at radius 1 is 1.47 bits per heavy atom. The van der Waals surface area contributed by atoms with Crippen molar-refractivity contribution in [3.8, 4) is 17.0 Å². The first-order valence-electron chi connectivity index (χ1n) is 4.92. The van der Waals surface area contributed by atoms with Crippen LogP contribution < -0.4 is 4.74 Å². The number of aryl methyl sites for hydroxylation is 1. The van der Waals surface area contributed by atoms with E-state index < -0.39 is 4.92 Å². The molecule has 0 unspecified atom stereocenters. The van der Waals surface area contributed by atoms with Crippen LogP contribution in [0, 0.1) is 10.1 Å². The van der Waals surface area contributed by atoms with Gasteiger partial charge in [-0.05, 0) is 6.07 Å². The highest BCUT2D eigenvalue weighted by atomic mass is 16.6. The lowest BCUT2D eigenvalue weighted by molar-refractivity contribution is -0.384. The Kier molecular flexibility index (Phi) is 2.78. The summed E-state index contributed by atoms with van der Waals surface area (Å²) in [5.41, 5.74) is 1.63. The van der Waals surface area contributed by atoms with E-state index >= 15 is 0 Å². The monoisotopic (exact) mass is 233 g/mol. The van der Waals surface area contributed by atoms with Crippen LogP contribution in [-0.2, 0) is 7.05 Å². The van der Waals surface area contributed by atoms with E-state index in [1.165, 1.54) is 19.2 Å². The van der Waals surface area contributed by atoms with Crippen molar-refractivity contribution in [3.05, 3.63) is 40.8 Å². The number of aromatic nitrogens is 2. The van der Waals surface area contributed by atoms with Gasteiger partial charge in [-0.25, -0.2) is 4.98 Å². The summed E-state index contributed by atoms with van der Waals surface area (Å²) in [7, 11) is 3.34. The molecule has 6 heteroatoms. The molecule has 0 aliphatic rings. The van der Waals surface area contributed by atoms with Crippen LogP contribution in [-0.4, -0.2) is 21.6 Å². The van der Waals surface area contributed by atoms with Gasteiger partial charge in [-0.15, -0.1) is 0 Å². The van der Waals surface area contributed by atoms with Gasteiger partial charge in [0.05, 0.1) is 36.3 Å². The first kappa shape index (κ1) is 11.1. The number of rotatable bonds is 3. The van der Waals surface area contributed by atoms with Gasteiger partial charge in [0, 0.05) is 18.7 Å². The second kappa shape index (κ2) is 4.25. The van der Waals surface area contributed by atoms with E-state index in [1.54, 1.807) is 18.6 Å². The van der Waals surface area contributed by atoms with Gasteiger partial charge in [0.15, 0.2) is 0 Å². The van der Waals surface area contributed by atoms with Gasteiger partial charge in [0.2, 0.25) is 0 Å². The van der Waals surface area contributed by atoms with Gasteiger partial charge in [-0.1, -0.05) is 0 Å². The molecule has 0 atom stereocenters. The largest absolute Gasteiger partial charge is 0.496 e. The Labute approximate surface area is 97.6 Å². The van der Waals surface area contributed by atoms with Crippen LogP contribution in [0.4, 0.5) is 5.69 Å². The molecule has 1 aromatic carbocycles. The fourth-order valence-electron chi connectivity index (χ4n) is 1.62. The second-order valence-corrected chi connectivity index (χ2v) is 3.53. The zero-order valence-corrected chi connectivity index (χ0v) is 9.45. The first-order valence-corrected chi connectivity index (χ1v) is 4.92. The van der Waals surface area contributed by atoms with Crippen LogP contribution in [0.3, 0.4) is 0 Å². The SMILES string of the molecule is COc1cc([N+](=O)[O-])ccc1-c1cncn1C. The summed E-state index contributed by atoms with van der Waals surface area (Å²) in [6, 6.07) is 4.52. The minimum Gasteiger partial charge on any atom is -0.496 e. The molecule has 0 N–H and O–H groups in total. The Morgan fingerprint density at radius 3 is 2.76 bits per heavy atom. The molecule has 0 saturated carbocycles. The molecule has 0 radical (unpaired) electrons. The maximum Gasteiger partial charge on any atom is 0.273 e. The Hall–Kier alpha value is -2.37. The minimum absolute atomic E-state index is 0.00719.